The summed E-state index contributed by atoms with van der Waals surface area (Å²) in [6.07, 6.45) is 4.60. The van der Waals surface area contributed by atoms with Crippen LogP contribution in [0, 0.1) is 11.6 Å². The predicted octanol–water partition coefficient (Wildman–Crippen LogP) is 4.55. The Hall–Kier alpha value is -2.72. The SMILES string of the molecule is C[C@H]1CCC[C@@H](C(=O)NCc2cc(-c3cnc(C(F)(F)I)nc3)ncc2F)N1S(=O)(=O)c1ccc(F)cc1. The van der Waals surface area contributed by atoms with Crippen molar-refractivity contribution in [1.29, 1.82) is 0 Å². The first-order valence-corrected chi connectivity index (χ1v) is 14.0. The van der Waals surface area contributed by atoms with Crippen LogP contribution in [0.3, 0.4) is 0 Å². The first kappa shape index (κ1) is 28.3. The Labute approximate surface area is 230 Å². The minimum Gasteiger partial charge on any atom is -0.351 e. The highest BCUT2D eigenvalue weighted by Crippen LogP contribution is 2.33. The number of piperidine rings is 1. The molecule has 0 unspecified atom stereocenters. The number of amides is 1. The van der Waals surface area contributed by atoms with Gasteiger partial charge in [0.2, 0.25) is 21.8 Å². The molecule has 0 aliphatic carbocycles. The highest BCUT2D eigenvalue weighted by atomic mass is 127. The van der Waals surface area contributed by atoms with Crippen LogP contribution in [0.2, 0.25) is 0 Å². The maximum atomic E-state index is 14.5. The van der Waals surface area contributed by atoms with Gasteiger partial charge in [0, 0.05) is 58.7 Å². The summed E-state index contributed by atoms with van der Waals surface area (Å²) >= 11 is 0.906. The van der Waals surface area contributed by atoms with Crippen molar-refractivity contribution in [3.63, 3.8) is 0 Å². The normalized spacial score (nSPS) is 18.8. The molecule has 1 aliphatic heterocycles. The number of sulfonamides is 1. The molecule has 1 amide bonds. The first-order valence-electron chi connectivity index (χ1n) is 11.5. The molecule has 1 aliphatic rings. The Morgan fingerprint density at radius 2 is 1.76 bits per heavy atom. The van der Waals surface area contributed by atoms with E-state index in [1.807, 2.05) is 0 Å². The van der Waals surface area contributed by atoms with Crippen molar-refractivity contribution in [1.82, 2.24) is 24.6 Å². The lowest BCUT2D eigenvalue weighted by atomic mass is 9.99. The zero-order valence-corrected chi connectivity index (χ0v) is 22.9. The smallest absolute Gasteiger partial charge is 0.351 e. The molecule has 1 saturated heterocycles. The Morgan fingerprint density at radius 1 is 1.11 bits per heavy atom. The lowest BCUT2D eigenvalue weighted by Crippen LogP contribution is -2.55. The summed E-state index contributed by atoms with van der Waals surface area (Å²) in [7, 11) is -4.12. The monoisotopic (exact) mass is 663 g/mol. The molecule has 202 valence electrons. The molecule has 14 heteroatoms. The molecule has 38 heavy (non-hydrogen) atoms. The van der Waals surface area contributed by atoms with E-state index in [1.54, 1.807) is 6.92 Å². The third-order valence-corrected chi connectivity index (χ3v) is 8.64. The molecular formula is C24H22F4IN5O3S. The van der Waals surface area contributed by atoms with Crippen molar-refractivity contribution in [2.24, 2.45) is 0 Å². The maximum Gasteiger partial charge on any atom is 0.354 e. The molecule has 3 aromatic rings. The van der Waals surface area contributed by atoms with Gasteiger partial charge < -0.3 is 5.32 Å². The van der Waals surface area contributed by atoms with E-state index >= 15 is 0 Å². The third kappa shape index (κ3) is 6.12. The largest absolute Gasteiger partial charge is 0.354 e. The van der Waals surface area contributed by atoms with Gasteiger partial charge >= 0.3 is 3.93 Å². The van der Waals surface area contributed by atoms with E-state index in [2.05, 4.69) is 20.3 Å². The van der Waals surface area contributed by atoms with E-state index in [9.17, 15) is 30.8 Å². The average Bonchev–Trinajstić information content (AvgIpc) is 2.87. The van der Waals surface area contributed by atoms with Crippen LogP contribution in [0.15, 0.2) is 53.8 Å². The average molecular weight is 663 g/mol. The van der Waals surface area contributed by atoms with Gasteiger partial charge in [-0.05, 0) is 56.5 Å². The second kappa shape index (κ2) is 11.2. The molecule has 1 N–H and O–H groups in total. The van der Waals surface area contributed by atoms with Crippen molar-refractivity contribution in [2.75, 3.05) is 0 Å². The van der Waals surface area contributed by atoms with E-state index in [0.29, 0.717) is 12.8 Å². The van der Waals surface area contributed by atoms with Gasteiger partial charge in [-0.3, -0.25) is 9.78 Å². The molecule has 0 radical (unpaired) electrons. The summed E-state index contributed by atoms with van der Waals surface area (Å²) in [5.41, 5.74) is 0.508. The van der Waals surface area contributed by atoms with E-state index < -0.39 is 49.4 Å². The number of alkyl halides is 3. The van der Waals surface area contributed by atoms with Crippen LogP contribution in [0.4, 0.5) is 17.6 Å². The minimum absolute atomic E-state index is 0.0449. The van der Waals surface area contributed by atoms with E-state index in [-0.39, 0.29) is 34.7 Å². The van der Waals surface area contributed by atoms with Gasteiger partial charge in [-0.25, -0.2) is 27.2 Å². The Kier molecular flexibility index (Phi) is 8.32. The fourth-order valence-corrected chi connectivity index (χ4v) is 6.35. The summed E-state index contributed by atoms with van der Waals surface area (Å²) in [5, 5.41) is 2.60. The van der Waals surface area contributed by atoms with Crippen LogP contribution in [0.1, 0.15) is 37.6 Å². The molecule has 0 spiro atoms. The number of nitrogens with one attached hydrogen (secondary N) is 1. The van der Waals surface area contributed by atoms with E-state index in [4.69, 9.17) is 0 Å². The second-order valence-corrected chi connectivity index (χ2v) is 12.0. The lowest BCUT2D eigenvalue weighted by Gasteiger charge is -2.38. The highest BCUT2D eigenvalue weighted by molar-refractivity contribution is 14.1. The second-order valence-electron chi connectivity index (χ2n) is 8.76. The van der Waals surface area contributed by atoms with Gasteiger partial charge in [-0.2, -0.15) is 13.1 Å². The fourth-order valence-electron chi connectivity index (χ4n) is 4.23. The zero-order chi connectivity index (χ0) is 27.7. The summed E-state index contributed by atoms with van der Waals surface area (Å²) in [6.45, 7) is 1.41. The Balaban J connectivity index is 1.53. The number of halogens is 5. The van der Waals surface area contributed by atoms with Crippen molar-refractivity contribution < 1.29 is 30.8 Å². The number of nitrogens with zero attached hydrogens (tertiary/aromatic N) is 4. The van der Waals surface area contributed by atoms with Crippen LogP contribution in [0.5, 0.6) is 0 Å². The number of rotatable bonds is 7. The topological polar surface area (TPSA) is 105 Å². The fraction of sp³-hybridized carbons (Fsp3) is 0.333. The Morgan fingerprint density at radius 3 is 2.39 bits per heavy atom. The molecule has 1 fully saturated rings. The predicted molar refractivity (Wildman–Crippen MR) is 138 cm³/mol. The van der Waals surface area contributed by atoms with Crippen molar-refractivity contribution in [3.05, 3.63) is 71.9 Å². The summed E-state index contributed by atoms with van der Waals surface area (Å²) in [6, 6.07) is 4.15. The molecule has 2 atom stereocenters. The quantitative estimate of drug-likeness (QED) is 0.226. The molecule has 3 heterocycles. The van der Waals surface area contributed by atoms with E-state index in [1.165, 1.54) is 6.07 Å². The van der Waals surface area contributed by atoms with Crippen molar-refractivity contribution >= 4 is 38.5 Å². The van der Waals surface area contributed by atoms with Crippen LogP contribution in [0.25, 0.3) is 11.3 Å². The van der Waals surface area contributed by atoms with Gasteiger partial charge in [0.25, 0.3) is 0 Å². The van der Waals surface area contributed by atoms with E-state index in [0.717, 1.165) is 69.8 Å². The molecule has 1 aromatic carbocycles. The molecule has 4 rings (SSSR count). The summed E-state index contributed by atoms with van der Waals surface area (Å²) < 4.78 is 79.1. The number of carbonyl (C=O) groups excluding carboxylic acids is 1. The molecule has 0 bridgehead atoms. The summed E-state index contributed by atoms with van der Waals surface area (Å²) in [5.74, 6) is -2.61. The third-order valence-electron chi connectivity index (χ3n) is 6.12. The zero-order valence-electron chi connectivity index (χ0n) is 19.9. The lowest BCUT2D eigenvalue weighted by molar-refractivity contribution is -0.126. The number of aromatic nitrogens is 3. The number of pyridine rings is 1. The standard InChI is InChI=1S/C24H22F4IN5O3S/c1-14-3-2-4-21(34(14)38(36,37)18-7-5-17(25)6-8-18)22(35)31-10-15-9-20(30-13-19(15)26)16-11-32-23(33-12-16)24(27,28)29/h5-9,11-14,21H,2-4,10H2,1H3,(H,31,35)/t14-,21-/m0/s1. The number of hydrogen-bond donors (Lipinski definition) is 1. The highest BCUT2D eigenvalue weighted by Gasteiger charge is 2.41. The molecule has 0 saturated carbocycles. The van der Waals surface area contributed by atoms with Gasteiger partial charge in [-0.15, -0.1) is 0 Å². The van der Waals surface area contributed by atoms with Gasteiger partial charge in [0.05, 0.1) is 16.8 Å². The van der Waals surface area contributed by atoms with Crippen molar-refractivity contribution in [2.45, 2.75) is 53.6 Å². The number of hydrogen-bond acceptors (Lipinski definition) is 6. The van der Waals surface area contributed by atoms with Crippen molar-refractivity contribution in [3.8, 4) is 11.3 Å². The van der Waals surface area contributed by atoms with Gasteiger partial charge in [-0.1, -0.05) is 0 Å². The molecule has 2 aromatic heterocycles. The van der Waals surface area contributed by atoms with Crippen LogP contribution >= 0.6 is 22.6 Å². The van der Waals surface area contributed by atoms with Gasteiger partial charge in [0.15, 0.2) is 0 Å². The molecular weight excluding hydrogens is 641 g/mol. The first-order chi connectivity index (χ1) is 17.9. The molecule has 8 nitrogen and oxygen atoms in total. The summed E-state index contributed by atoms with van der Waals surface area (Å²) in [4.78, 5) is 24.2. The van der Waals surface area contributed by atoms with Crippen LogP contribution in [-0.4, -0.2) is 45.7 Å². The minimum atomic E-state index is -4.12. The number of benzene rings is 1. The van der Waals surface area contributed by atoms with Gasteiger partial charge in [0.1, 0.15) is 17.7 Å². The Bertz CT molecular complexity index is 1420. The maximum absolute atomic E-state index is 14.5. The van der Waals surface area contributed by atoms with Crippen LogP contribution < -0.4 is 5.32 Å². The van der Waals surface area contributed by atoms with Crippen LogP contribution in [-0.2, 0) is 25.3 Å². The number of carbonyl (C=O) groups is 1.